The molecular weight excluding hydrogens is 328 g/mol. The summed E-state index contributed by atoms with van der Waals surface area (Å²) in [6, 6.07) is 5.59. The van der Waals surface area contributed by atoms with Crippen LogP contribution < -0.4 is 11.1 Å². The Hall–Kier alpha value is -1.33. The molecular formula is C13H14BrClN4. The minimum Gasteiger partial charge on any atom is -0.383 e. The number of nitrogens with zero attached hydrogens (tertiary/aromatic N) is 2. The third-order valence-electron chi connectivity index (χ3n) is 2.73. The second kappa shape index (κ2) is 5.75. The van der Waals surface area contributed by atoms with Crippen LogP contribution in [-0.2, 0) is 6.42 Å². The predicted molar refractivity (Wildman–Crippen MR) is 83.0 cm³/mol. The van der Waals surface area contributed by atoms with E-state index in [-0.39, 0.29) is 0 Å². The highest BCUT2D eigenvalue weighted by Crippen LogP contribution is 2.28. The highest BCUT2D eigenvalue weighted by molar-refractivity contribution is 9.10. The van der Waals surface area contributed by atoms with Gasteiger partial charge in [0.2, 0.25) is 0 Å². The fraction of sp³-hybridized carbons (Fsp3) is 0.231. The second-order valence-corrected chi connectivity index (χ2v) is 5.37. The SMILES string of the molecule is CCc1nc(N)c(C)c(Nc2ccc(Cl)c(Br)c2)n1. The lowest BCUT2D eigenvalue weighted by Gasteiger charge is -2.12. The predicted octanol–water partition coefficient (Wildman–Crippen LogP) is 4.09. The molecule has 0 aliphatic heterocycles. The van der Waals surface area contributed by atoms with Crippen molar-refractivity contribution in [3.05, 3.63) is 39.1 Å². The molecule has 0 fully saturated rings. The summed E-state index contributed by atoms with van der Waals surface area (Å²) in [5.74, 6) is 1.94. The maximum Gasteiger partial charge on any atom is 0.139 e. The van der Waals surface area contributed by atoms with Crippen molar-refractivity contribution in [1.82, 2.24) is 9.97 Å². The van der Waals surface area contributed by atoms with Crippen LogP contribution in [0.5, 0.6) is 0 Å². The van der Waals surface area contributed by atoms with Gasteiger partial charge in [0.1, 0.15) is 17.5 Å². The van der Waals surface area contributed by atoms with Crippen LogP contribution in [0.1, 0.15) is 18.3 Å². The average molecular weight is 342 g/mol. The van der Waals surface area contributed by atoms with Gasteiger partial charge in [-0.05, 0) is 41.1 Å². The standard InChI is InChI=1S/C13H14BrClN4/c1-3-11-18-12(16)7(2)13(19-11)17-8-4-5-10(15)9(14)6-8/h4-6H,3H2,1-2H3,(H3,16,17,18,19). The lowest BCUT2D eigenvalue weighted by Crippen LogP contribution is -2.06. The molecule has 2 aromatic rings. The van der Waals surface area contributed by atoms with Gasteiger partial charge in [-0.1, -0.05) is 18.5 Å². The number of rotatable bonds is 3. The molecule has 1 aromatic heterocycles. The molecule has 0 bridgehead atoms. The molecule has 0 aliphatic carbocycles. The van der Waals surface area contributed by atoms with Crippen LogP contribution in [-0.4, -0.2) is 9.97 Å². The van der Waals surface area contributed by atoms with E-state index in [0.717, 1.165) is 33.8 Å². The first-order valence-corrected chi connectivity index (χ1v) is 7.03. The Morgan fingerprint density at radius 1 is 1.37 bits per heavy atom. The number of nitrogens with two attached hydrogens (primary N) is 1. The molecule has 0 saturated carbocycles. The first-order chi connectivity index (χ1) is 9.01. The van der Waals surface area contributed by atoms with Crippen molar-refractivity contribution in [3.63, 3.8) is 0 Å². The Labute approximate surface area is 125 Å². The largest absolute Gasteiger partial charge is 0.383 e. The first-order valence-electron chi connectivity index (χ1n) is 5.86. The maximum absolute atomic E-state index is 5.97. The Morgan fingerprint density at radius 3 is 2.74 bits per heavy atom. The minimum absolute atomic E-state index is 0.502. The van der Waals surface area contributed by atoms with Crippen LogP contribution >= 0.6 is 27.5 Å². The van der Waals surface area contributed by atoms with Crippen molar-refractivity contribution in [2.45, 2.75) is 20.3 Å². The number of benzene rings is 1. The van der Waals surface area contributed by atoms with Crippen molar-refractivity contribution in [2.75, 3.05) is 11.1 Å². The van der Waals surface area contributed by atoms with Crippen molar-refractivity contribution >= 4 is 44.9 Å². The van der Waals surface area contributed by atoms with E-state index >= 15 is 0 Å². The van der Waals surface area contributed by atoms with Gasteiger partial charge in [-0.2, -0.15) is 0 Å². The zero-order valence-electron chi connectivity index (χ0n) is 10.7. The molecule has 0 spiro atoms. The van der Waals surface area contributed by atoms with Gasteiger partial charge < -0.3 is 11.1 Å². The monoisotopic (exact) mass is 340 g/mol. The van der Waals surface area contributed by atoms with E-state index in [2.05, 4.69) is 31.2 Å². The molecule has 1 aromatic carbocycles. The summed E-state index contributed by atoms with van der Waals surface area (Å²) in [4.78, 5) is 8.67. The minimum atomic E-state index is 0.502. The lowest BCUT2D eigenvalue weighted by molar-refractivity contribution is 0.940. The molecule has 3 N–H and O–H groups in total. The number of hydrogen-bond donors (Lipinski definition) is 2. The van der Waals surface area contributed by atoms with Gasteiger partial charge in [0.15, 0.2) is 0 Å². The van der Waals surface area contributed by atoms with Gasteiger partial charge in [-0.3, -0.25) is 0 Å². The quantitative estimate of drug-likeness (QED) is 0.882. The molecule has 4 nitrogen and oxygen atoms in total. The van der Waals surface area contributed by atoms with Gasteiger partial charge >= 0.3 is 0 Å². The van der Waals surface area contributed by atoms with Crippen LogP contribution in [0, 0.1) is 6.92 Å². The number of aryl methyl sites for hydroxylation is 1. The Bertz CT molecular complexity index is 616. The summed E-state index contributed by atoms with van der Waals surface area (Å²) in [6.45, 7) is 3.88. The Balaban J connectivity index is 2.37. The van der Waals surface area contributed by atoms with Crippen molar-refractivity contribution in [3.8, 4) is 0 Å². The topological polar surface area (TPSA) is 63.8 Å². The third-order valence-corrected chi connectivity index (χ3v) is 3.94. The maximum atomic E-state index is 5.97. The average Bonchev–Trinajstić information content (AvgIpc) is 2.39. The molecule has 0 atom stereocenters. The molecule has 6 heteroatoms. The summed E-state index contributed by atoms with van der Waals surface area (Å²) < 4.78 is 0.828. The van der Waals surface area contributed by atoms with Crippen LogP contribution in [0.15, 0.2) is 22.7 Å². The van der Waals surface area contributed by atoms with Gasteiger partial charge in [-0.25, -0.2) is 9.97 Å². The summed E-state index contributed by atoms with van der Waals surface area (Å²) in [5, 5.41) is 3.90. The van der Waals surface area contributed by atoms with E-state index < -0.39 is 0 Å². The highest BCUT2D eigenvalue weighted by Gasteiger charge is 2.08. The van der Waals surface area contributed by atoms with E-state index in [4.69, 9.17) is 17.3 Å². The van der Waals surface area contributed by atoms with E-state index in [1.54, 1.807) is 0 Å². The zero-order valence-corrected chi connectivity index (χ0v) is 13.0. The molecule has 0 unspecified atom stereocenters. The lowest BCUT2D eigenvalue weighted by atomic mass is 10.2. The number of aromatic nitrogens is 2. The Kier molecular flexibility index (Phi) is 4.27. The van der Waals surface area contributed by atoms with Gasteiger partial charge in [0.05, 0.1) is 5.02 Å². The van der Waals surface area contributed by atoms with Crippen molar-refractivity contribution in [1.29, 1.82) is 0 Å². The fourth-order valence-corrected chi connectivity index (χ4v) is 2.07. The molecule has 100 valence electrons. The van der Waals surface area contributed by atoms with Crippen LogP contribution in [0.2, 0.25) is 5.02 Å². The van der Waals surface area contributed by atoms with E-state index in [1.807, 2.05) is 32.0 Å². The molecule has 0 saturated heterocycles. The molecule has 19 heavy (non-hydrogen) atoms. The summed E-state index contributed by atoms with van der Waals surface area (Å²) in [7, 11) is 0. The van der Waals surface area contributed by atoms with Gasteiger partial charge in [-0.15, -0.1) is 0 Å². The number of hydrogen-bond acceptors (Lipinski definition) is 4. The summed E-state index contributed by atoms with van der Waals surface area (Å²) in [6.07, 6.45) is 0.740. The van der Waals surface area contributed by atoms with Crippen LogP contribution in [0.4, 0.5) is 17.3 Å². The second-order valence-electron chi connectivity index (χ2n) is 4.11. The smallest absolute Gasteiger partial charge is 0.139 e. The number of anilines is 3. The fourth-order valence-electron chi connectivity index (χ4n) is 1.57. The molecule has 0 amide bonds. The first kappa shape index (κ1) is 14.1. The number of nitrogen functional groups attached to an aromatic ring is 1. The zero-order chi connectivity index (χ0) is 14.0. The summed E-state index contributed by atoms with van der Waals surface area (Å²) >= 11 is 9.36. The van der Waals surface area contributed by atoms with Gasteiger partial charge in [0, 0.05) is 22.1 Å². The van der Waals surface area contributed by atoms with Crippen LogP contribution in [0.25, 0.3) is 0 Å². The van der Waals surface area contributed by atoms with E-state index in [0.29, 0.717) is 10.8 Å². The van der Waals surface area contributed by atoms with Crippen molar-refractivity contribution < 1.29 is 0 Å². The summed E-state index contributed by atoms with van der Waals surface area (Å²) in [5.41, 5.74) is 7.61. The highest BCUT2D eigenvalue weighted by atomic mass is 79.9. The number of halogens is 2. The van der Waals surface area contributed by atoms with E-state index in [1.165, 1.54) is 0 Å². The molecule has 0 radical (unpaired) electrons. The molecule has 2 rings (SSSR count). The van der Waals surface area contributed by atoms with Gasteiger partial charge in [0.25, 0.3) is 0 Å². The normalized spacial score (nSPS) is 10.5. The Morgan fingerprint density at radius 2 is 2.11 bits per heavy atom. The molecule has 0 aliphatic rings. The van der Waals surface area contributed by atoms with Crippen LogP contribution in [0.3, 0.4) is 0 Å². The molecule has 1 heterocycles. The van der Waals surface area contributed by atoms with Crippen molar-refractivity contribution in [2.24, 2.45) is 0 Å². The number of nitrogens with one attached hydrogen (secondary N) is 1. The van der Waals surface area contributed by atoms with E-state index in [9.17, 15) is 0 Å². The third kappa shape index (κ3) is 3.16.